The number of aromatic carboxylic acids is 1. The number of carbonyl (C=O) groups excluding carboxylic acids is 1. The largest absolute Gasteiger partial charge is 0.478 e. The lowest BCUT2D eigenvalue weighted by Crippen LogP contribution is -2.36. The van der Waals surface area contributed by atoms with Gasteiger partial charge in [-0.1, -0.05) is 82.0 Å². The molecule has 0 aliphatic rings. The van der Waals surface area contributed by atoms with E-state index in [2.05, 4.69) is 18.4 Å². The topological polar surface area (TPSA) is 101 Å². The molecule has 204 valence electrons. The van der Waals surface area contributed by atoms with Crippen molar-refractivity contribution in [2.24, 2.45) is 5.73 Å². The zero-order valence-corrected chi connectivity index (χ0v) is 22.9. The summed E-state index contributed by atoms with van der Waals surface area (Å²) in [5.41, 5.74) is 11.4. The molecule has 4 aromatic rings. The predicted molar refractivity (Wildman–Crippen MR) is 157 cm³/mol. The monoisotopic (exact) mass is 526 g/mol. The first-order chi connectivity index (χ1) is 18.9. The van der Waals surface area contributed by atoms with Gasteiger partial charge in [0.05, 0.1) is 16.6 Å². The number of hydrogen-bond acceptors (Lipinski definition) is 3. The van der Waals surface area contributed by atoms with Gasteiger partial charge in [-0.15, -0.1) is 0 Å². The average molecular weight is 527 g/mol. The van der Waals surface area contributed by atoms with Crippen LogP contribution in [0.5, 0.6) is 0 Å². The first-order valence-electron chi connectivity index (χ1n) is 13.9. The van der Waals surface area contributed by atoms with Crippen LogP contribution >= 0.6 is 0 Å². The molecule has 0 unspecified atom stereocenters. The van der Waals surface area contributed by atoms with Gasteiger partial charge in [0.15, 0.2) is 0 Å². The van der Waals surface area contributed by atoms with Gasteiger partial charge in [0, 0.05) is 25.2 Å². The molecule has 7 nitrogen and oxygen atoms in total. The summed E-state index contributed by atoms with van der Waals surface area (Å²) in [5.74, 6) is 0.0733. The number of amides is 2. The minimum Gasteiger partial charge on any atom is -0.478 e. The van der Waals surface area contributed by atoms with E-state index >= 15 is 0 Å². The maximum absolute atomic E-state index is 12.3. The molecule has 0 bridgehead atoms. The zero-order chi connectivity index (χ0) is 27.8. The molecule has 2 amide bonds. The van der Waals surface area contributed by atoms with Gasteiger partial charge in [-0.05, 0) is 53.8 Å². The molecule has 0 saturated carbocycles. The second-order valence-electron chi connectivity index (χ2n) is 9.99. The van der Waals surface area contributed by atoms with E-state index in [1.165, 1.54) is 0 Å². The number of primary amides is 1. The molecule has 1 aromatic heterocycles. The number of carboxylic acid groups (broad SMARTS) is 1. The predicted octanol–water partition coefficient (Wildman–Crippen LogP) is 7.26. The summed E-state index contributed by atoms with van der Waals surface area (Å²) >= 11 is 0. The molecule has 1 heterocycles. The molecule has 0 atom stereocenters. The number of nitrogens with zero attached hydrogens (tertiary/aromatic N) is 3. The number of nitrogens with two attached hydrogens (primary N) is 1. The number of rotatable bonds is 13. The Kier molecular flexibility index (Phi) is 9.36. The Morgan fingerprint density at radius 1 is 0.923 bits per heavy atom. The van der Waals surface area contributed by atoms with Crippen molar-refractivity contribution in [2.45, 2.75) is 65.3 Å². The summed E-state index contributed by atoms with van der Waals surface area (Å²) in [6.45, 7) is 5.55. The second-order valence-corrected chi connectivity index (χ2v) is 9.99. The van der Waals surface area contributed by atoms with Crippen LogP contribution in [0.2, 0.25) is 0 Å². The van der Waals surface area contributed by atoms with Crippen molar-refractivity contribution >= 4 is 28.7 Å². The number of aryl methyl sites for hydroxylation is 1. The normalized spacial score (nSPS) is 11.1. The van der Waals surface area contributed by atoms with E-state index in [4.69, 9.17) is 10.7 Å². The highest BCUT2D eigenvalue weighted by molar-refractivity contribution is 5.96. The third-order valence-electron chi connectivity index (χ3n) is 7.14. The molecule has 0 saturated heterocycles. The lowest BCUT2D eigenvalue weighted by molar-refractivity contribution is 0.0697. The summed E-state index contributed by atoms with van der Waals surface area (Å²) in [7, 11) is 0. The van der Waals surface area contributed by atoms with Gasteiger partial charge < -0.3 is 15.4 Å². The highest BCUT2D eigenvalue weighted by Gasteiger charge is 2.17. The van der Waals surface area contributed by atoms with Crippen LogP contribution in [-0.4, -0.2) is 33.2 Å². The molecule has 0 spiro atoms. The van der Waals surface area contributed by atoms with Crippen molar-refractivity contribution in [1.29, 1.82) is 0 Å². The SMILES string of the molecule is CCCCCCN(C(N)=O)c1ccc2nc(CCCC)n(Cc3ccc(-c4ccccc4C(=O)O)cc3)c2c1. The van der Waals surface area contributed by atoms with Crippen molar-refractivity contribution in [1.82, 2.24) is 9.55 Å². The molecule has 3 aromatic carbocycles. The molecule has 7 heteroatoms. The standard InChI is InChI=1S/C32H38N4O3/c1-3-5-7-10-20-35(32(33)39)25-18-19-28-29(21-25)36(30(34-28)13-6-4-2)22-23-14-16-24(17-15-23)26-11-8-9-12-27(26)31(37)38/h8-9,11-12,14-19,21H,3-7,10,13,20,22H2,1-2H3,(H2,33,39)(H,37,38). The van der Waals surface area contributed by atoms with Crippen molar-refractivity contribution < 1.29 is 14.7 Å². The third-order valence-corrected chi connectivity index (χ3v) is 7.14. The number of unbranched alkanes of at least 4 members (excludes halogenated alkanes) is 4. The number of imidazole rings is 1. The number of hydrogen-bond donors (Lipinski definition) is 2. The number of carboxylic acids is 1. The number of fused-ring (bicyclic) bond motifs is 1. The first-order valence-corrected chi connectivity index (χ1v) is 13.9. The molecular formula is C32H38N4O3. The Morgan fingerprint density at radius 3 is 2.36 bits per heavy atom. The average Bonchev–Trinajstić information content (AvgIpc) is 3.28. The van der Waals surface area contributed by atoms with Crippen LogP contribution in [0.3, 0.4) is 0 Å². The van der Waals surface area contributed by atoms with Crippen molar-refractivity contribution in [3.8, 4) is 11.1 Å². The fourth-order valence-corrected chi connectivity index (χ4v) is 4.99. The van der Waals surface area contributed by atoms with Crippen LogP contribution < -0.4 is 10.6 Å². The van der Waals surface area contributed by atoms with Gasteiger partial charge in [-0.25, -0.2) is 14.6 Å². The maximum Gasteiger partial charge on any atom is 0.336 e. The Hall–Kier alpha value is -4.13. The van der Waals surface area contributed by atoms with Crippen molar-refractivity contribution in [3.63, 3.8) is 0 Å². The molecule has 0 aliphatic carbocycles. The smallest absolute Gasteiger partial charge is 0.336 e. The molecule has 0 radical (unpaired) electrons. The minimum absolute atomic E-state index is 0.286. The first kappa shape index (κ1) is 27.9. The molecule has 3 N–H and O–H groups in total. The molecule has 0 fully saturated rings. The van der Waals surface area contributed by atoms with Gasteiger partial charge in [-0.2, -0.15) is 0 Å². The van der Waals surface area contributed by atoms with Gasteiger partial charge in [0.1, 0.15) is 5.82 Å². The Balaban J connectivity index is 1.66. The van der Waals surface area contributed by atoms with Crippen molar-refractivity contribution in [3.05, 3.63) is 83.7 Å². The molecule has 0 aliphatic heterocycles. The Bertz CT molecular complexity index is 1430. The van der Waals surface area contributed by atoms with Gasteiger partial charge in [0.2, 0.25) is 0 Å². The molecule has 39 heavy (non-hydrogen) atoms. The second kappa shape index (κ2) is 13.1. The Labute approximate surface area is 230 Å². The fourth-order valence-electron chi connectivity index (χ4n) is 4.99. The van der Waals surface area contributed by atoms with E-state index in [9.17, 15) is 14.7 Å². The summed E-state index contributed by atoms with van der Waals surface area (Å²) in [4.78, 5) is 30.6. The quantitative estimate of drug-likeness (QED) is 0.179. The van der Waals surface area contributed by atoms with Crippen LogP contribution in [0.1, 0.15) is 74.1 Å². The van der Waals surface area contributed by atoms with E-state index in [0.717, 1.165) is 78.6 Å². The van der Waals surface area contributed by atoms with E-state index < -0.39 is 12.0 Å². The van der Waals surface area contributed by atoms with E-state index in [1.807, 2.05) is 54.6 Å². The summed E-state index contributed by atoms with van der Waals surface area (Å²) in [6.07, 6.45) is 7.21. The number of aromatic nitrogens is 2. The van der Waals surface area contributed by atoms with Gasteiger partial charge in [-0.3, -0.25) is 4.90 Å². The highest BCUT2D eigenvalue weighted by atomic mass is 16.4. The highest BCUT2D eigenvalue weighted by Crippen LogP contribution is 2.28. The molecule has 4 rings (SSSR count). The number of urea groups is 1. The summed E-state index contributed by atoms with van der Waals surface area (Å²) in [5, 5.41) is 9.58. The zero-order valence-electron chi connectivity index (χ0n) is 22.9. The lowest BCUT2D eigenvalue weighted by Gasteiger charge is -2.21. The van der Waals surface area contributed by atoms with Gasteiger partial charge in [0.25, 0.3) is 0 Å². The lowest BCUT2D eigenvalue weighted by atomic mass is 9.99. The van der Waals surface area contributed by atoms with E-state index in [1.54, 1.807) is 17.0 Å². The van der Waals surface area contributed by atoms with E-state index in [-0.39, 0.29) is 5.56 Å². The van der Waals surface area contributed by atoms with Crippen molar-refractivity contribution in [2.75, 3.05) is 11.4 Å². The van der Waals surface area contributed by atoms with Crippen LogP contribution in [0.15, 0.2) is 66.7 Å². The minimum atomic E-state index is -0.939. The number of carbonyl (C=O) groups is 2. The van der Waals surface area contributed by atoms with Crippen LogP contribution in [-0.2, 0) is 13.0 Å². The van der Waals surface area contributed by atoms with Crippen LogP contribution in [0.25, 0.3) is 22.2 Å². The fraction of sp³-hybridized carbons (Fsp3) is 0.344. The van der Waals surface area contributed by atoms with Gasteiger partial charge >= 0.3 is 12.0 Å². The summed E-state index contributed by atoms with van der Waals surface area (Å²) in [6, 6.07) is 20.6. The number of anilines is 1. The summed E-state index contributed by atoms with van der Waals surface area (Å²) < 4.78 is 2.23. The van der Waals surface area contributed by atoms with Crippen LogP contribution in [0.4, 0.5) is 10.5 Å². The van der Waals surface area contributed by atoms with E-state index in [0.29, 0.717) is 18.7 Å². The number of benzene rings is 3. The molecular weight excluding hydrogens is 488 g/mol. The Morgan fingerprint density at radius 2 is 1.67 bits per heavy atom. The maximum atomic E-state index is 12.3. The third kappa shape index (κ3) is 6.66. The van der Waals surface area contributed by atoms with Crippen LogP contribution in [0, 0.1) is 0 Å².